The van der Waals surface area contributed by atoms with Crippen molar-refractivity contribution in [2.75, 3.05) is 4.90 Å². The summed E-state index contributed by atoms with van der Waals surface area (Å²) in [6, 6.07) is 8.44. The lowest BCUT2D eigenvalue weighted by Gasteiger charge is -2.39. The molecule has 2 heterocycles. The average Bonchev–Trinajstić information content (AvgIpc) is 3.05. The summed E-state index contributed by atoms with van der Waals surface area (Å²) in [4.78, 5) is 57.7. The van der Waals surface area contributed by atoms with Gasteiger partial charge in [-0.15, -0.1) is 0 Å². The van der Waals surface area contributed by atoms with Gasteiger partial charge in [-0.2, -0.15) is 5.48 Å². The number of para-hydroxylation sites is 1. The second-order valence-corrected chi connectivity index (χ2v) is 7.64. The molecule has 1 aliphatic carbocycles. The van der Waals surface area contributed by atoms with Gasteiger partial charge in [-0.3, -0.25) is 24.0 Å². The van der Waals surface area contributed by atoms with Gasteiger partial charge in [-0.05, 0) is 17.5 Å². The minimum absolute atomic E-state index is 0.144. The van der Waals surface area contributed by atoms with Crippen molar-refractivity contribution in [1.29, 1.82) is 0 Å². The maximum Gasteiger partial charge on any atom is 0.265 e. The van der Waals surface area contributed by atoms with Crippen molar-refractivity contribution in [2.24, 2.45) is 11.3 Å². The molecule has 1 spiro atoms. The summed E-state index contributed by atoms with van der Waals surface area (Å²) in [7, 11) is 0. The number of carbonyl (C=O) groups excluding carboxylic acids is 4. The number of anilines is 1. The highest BCUT2D eigenvalue weighted by Gasteiger charge is 2.70. The topological polar surface area (TPSA) is 92.8 Å². The fourth-order valence-corrected chi connectivity index (χ4v) is 4.06. The van der Waals surface area contributed by atoms with E-state index in [1.165, 1.54) is 0 Å². The fourth-order valence-electron chi connectivity index (χ4n) is 4.06. The van der Waals surface area contributed by atoms with Crippen LogP contribution in [-0.2, 0) is 24.0 Å². The third-order valence-corrected chi connectivity index (χ3v) is 5.24. The molecule has 0 bridgehead atoms. The van der Waals surface area contributed by atoms with Gasteiger partial charge in [-0.1, -0.05) is 32.0 Å². The lowest BCUT2D eigenvalue weighted by molar-refractivity contribution is -0.150. The summed E-state index contributed by atoms with van der Waals surface area (Å²) in [5.74, 6) is -3.07. The lowest BCUT2D eigenvalue weighted by Crippen LogP contribution is -2.64. The zero-order valence-electron chi connectivity index (χ0n) is 13.9. The van der Waals surface area contributed by atoms with Crippen molar-refractivity contribution in [3.05, 3.63) is 30.3 Å². The molecule has 1 aromatic rings. The number of carbonyl (C=O) groups is 4. The first-order valence-corrected chi connectivity index (χ1v) is 8.20. The molecular weight excluding hydrogens is 324 g/mol. The van der Waals surface area contributed by atoms with E-state index in [1.807, 2.05) is 13.8 Å². The van der Waals surface area contributed by atoms with E-state index < -0.39 is 46.4 Å². The monoisotopic (exact) mass is 342 g/mol. The molecule has 1 saturated carbocycles. The molecule has 7 nitrogen and oxygen atoms in total. The average molecular weight is 342 g/mol. The number of hydrogen-bond donors (Lipinski definition) is 1. The summed E-state index contributed by atoms with van der Waals surface area (Å²) in [6.45, 7) is 3.67. The zero-order valence-corrected chi connectivity index (χ0v) is 13.9. The quantitative estimate of drug-likeness (QED) is 0.599. The van der Waals surface area contributed by atoms with E-state index in [-0.39, 0.29) is 12.8 Å². The molecule has 1 aromatic carbocycles. The van der Waals surface area contributed by atoms with Crippen LogP contribution in [0.2, 0.25) is 0 Å². The van der Waals surface area contributed by atoms with Crippen LogP contribution in [0.4, 0.5) is 5.69 Å². The number of ketones is 2. The highest BCUT2D eigenvalue weighted by molar-refractivity contribution is 6.29. The molecule has 1 N–H and O–H groups in total. The Labute approximate surface area is 144 Å². The standard InChI is InChI=1S/C18H18N2O5/c1-17(2)8-11(21)18(12(22)9-17)13-14(25-19-18)16(24)20(15(13)23)10-6-4-3-5-7-10/h3-7,13-14,19H,8-9H2,1-2H3. The minimum Gasteiger partial charge on any atom is -0.297 e. The predicted molar refractivity (Wildman–Crippen MR) is 86.2 cm³/mol. The van der Waals surface area contributed by atoms with Crippen LogP contribution in [0.25, 0.3) is 0 Å². The van der Waals surface area contributed by atoms with Crippen LogP contribution < -0.4 is 10.4 Å². The molecule has 130 valence electrons. The summed E-state index contributed by atoms with van der Waals surface area (Å²) in [5, 5.41) is 0. The molecule has 2 atom stereocenters. The number of amides is 2. The van der Waals surface area contributed by atoms with E-state index >= 15 is 0 Å². The Morgan fingerprint density at radius 2 is 1.60 bits per heavy atom. The normalized spacial score (nSPS) is 30.2. The van der Waals surface area contributed by atoms with Gasteiger partial charge in [-0.25, -0.2) is 4.90 Å². The third kappa shape index (κ3) is 2.06. The van der Waals surface area contributed by atoms with E-state index in [4.69, 9.17) is 4.84 Å². The van der Waals surface area contributed by atoms with Crippen molar-refractivity contribution < 1.29 is 24.0 Å². The summed E-state index contributed by atoms with van der Waals surface area (Å²) in [5.41, 5.74) is 0.659. The number of benzene rings is 1. The number of hydrogen-bond acceptors (Lipinski definition) is 6. The van der Waals surface area contributed by atoms with E-state index in [1.54, 1.807) is 30.3 Å². The molecule has 2 aliphatic heterocycles. The van der Waals surface area contributed by atoms with Crippen LogP contribution in [0, 0.1) is 11.3 Å². The van der Waals surface area contributed by atoms with Gasteiger partial charge in [0.05, 0.1) is 5.69 Å². The minimum atomic E-state index is -1.75. The molecule has 7 heteroatoms. The molecule has 0 aromatic heterocycles. The molecule has 3 fully saturated rings. The Morgan fingerprint density at radius 3 is 2.20 bits per heavy atom. The van der Waals surface area contributed by atoms with E-state index in [9.17, 15) is 19.2 Å². The number of nitrogens with zero attached hydrogens (tertiary/aromatic N) is 1. The first kappa shape index (κ1) is 16.1. The molecule has 25 heavy (non-hydrogen) atoms. The third-order valence-electron chi connectivity index (χ3n) is 5.24. The second-order valence-electron chi connectivity index (χ2n) is 7.64. The summed E-state index contributed by atoms with van der Waals surface area (Å²) in [6.07, 6.45) is -0.877. The largest absolute Gasteiger partial charge is 0.297 e. The van der Waals surface area contributed by atoms with Gasteiger partial charge in [0.15, 0.2) is 23.2 Å². The molecule has 2 saturated heterocycles. The lowest BCUT2D eigenvalue weighted by atomic mass is 9.63. The number of nitrogens with one attached hydrogen (secondary N) is 1. The van der Waals surface area contributed by atoms with Gasteiger partial charge < -0.3 is 0 Å². The van der Waals surface area contributed by atoms with Crippen LogP contribution in [0.1, 0.15) is 26.7 Å². The first-order chi connectivity index (χ1) is 11.8. The van der Waals surface area contributed by atoms with Crippen molar-refractivity contribution >= 4 is 29.1 Å². The van der Waals surface area contributed by atoms with Gasteiger partial charge in [0.2, 0.25) is 5.91 Å². The Balaban J connectivity index is 1.76. The Kier molecular flexibility index (Phi) is 3.26. The van der Waals surface area contributed by atoms with Crippen LogP contribution in [0.3, 0.4) is 0 Å². The fraction of sp³-hybridized carbons (Fsp3) is 0.444. The van der Waals surface area contributed by atoms with E-state index in [2.05, 4.69) is 5.48 Å². The van der Waals surface area contributed by atoms with Crippen molar-refractivity contribution in [1.82, 2.24) is 5.48 Å². The second kappa shape index (κ2) is 5.06. The molecule has 2 unspecified atom stereocenters. The molecule has 0 radical (unpaired) electrons. The van der Waals surface area contributed by atoms with Crippen molar-refractivity contribution in [3.63, 3.8) is 0 Å². The Hall–Kier alpha value is -2.38. The number of rotatable bonds is 1. The molecule has 2 amide bonds. The van der Waals surface area contributed by atoms with E-state index in [0.29, 0.717) is 5.69 Å². The maximum atomic E-state index is 13.0. The number of fused-ring (bicyclic) bond motifs is 2. The molecule has 4 rings (SSSR count). The molecule has 3 aliphatic rings. The Morgan fingerprint density at radius 1 is 1.00 bits per heavy atom. The SMILES string of the molecule is CC1(C)CC(=O)C2(NOC3C(=O)N(c4ccccc4)C(=O)C32)C(=O)C1. The Bertz CT molecular complexity index is 781. The van der Waals surface area contributed by atoms with Crippen LogP contribution >= 0.6 is 0 Å². The van der Waals surface area contributed by atoms with Crippen LogP contribution in [0.5, 0.6) is 0 Å². The van der Waals surface area contributed by atoms with Gasteiger partial charge in [0.1, 0.15) is 5.92 Å². The summed E-state index contributed by atoms with van der Waals surface area (Å²) >= 11 is 0. The molecular formula is C18H18N2O5. The first-order valence-electron chi connectivity index (χ1n) is 8.20. The maximum absolute atomic E-state index is 13.0. The summed E-state index contributed by atoms with van der Waals surface area (Å²) < 4.78 is 0. The number of imide groups is 1. The number of Topliss-reactive ketones (excluding diaryl/α,β-unsaturated/α-hetero) is 2. The van der Waals surface area contributed by atoms with Gasteiger partial charge in [0, 0.05) is 12.8 Å². The van der Waals surface area contributed by atoms with Crippen molar-refractivity contribution in [3.8, 4) is 0 Å². The van der Waals surface area contributed by atoms with Crippen LogP contribution in [-0.4, -0.2) is 35.0 Å². The zero-order chi connectivity index (χ0) is 18.0. The van der Waals surface area contributed by atoms with Crippen molar-refractivity contribution in [2.45, 2.75) is 38.3 Å². The smallest absolute Gasteiger partial charge is 0.265 e. The van der Waals surface area contributed by atoms with E-state index in [0.717, 1.165) is 4.90 Å². The predicted octanol–water partition coefficient (Wildman–Crippen LogP) is 0.776. The van der Waals surface area contributed by atoms with Gasteiger partial charge in [0.25, 0.3) is 5.91 Å². The highest BCUT2D eigenvalue weighted by atomic mass is 16.7. The highest BCUT2D eigenvalue weighted by Crippen LogP contribution is 2.46. The number of hydroxylamine groups is 1. The van der Waals surface area contributed by atoms with Gasteiger partial charge >= 0.3 is 0 Å². The van der Waals surface area contributed by atoms with Crippen LogP contribution in [0.15, 0.2) is 30.3 Å².